The monoisotopic (exact) mass is 260 g/mol. The van der Waals surface area contributed by atoms with Gasteiger partial charge in [0.25, 0.3) is 0 Å². The number of benzene rings is 1. The lowest BCUT2D eigenvalue weighted by molar-refractivity contribution is -0.386. The molecule has 98 valence electrons. The Hall–Kier alpha value is -2.70. The van der Waals surface area contributed by atoms with E-state index in [2.05, 4.69) is 9.97 Å². The van der Waals surface area contributed by atoms with E-state index >= 15 is 0 Å². The van der Waals surface area contributed by atoms with Gasteiger partial charge in [-0.3, -0.25) is 10.1 Å². The van der Waals surface area contributed by atoms with E-state index in [1.807, 2.05) is 26.0 Å². The van der Waals surface area contributed by atoms with Gasteiger partial charge in [0.2, 0.25) is 5.95 Å². The minimum Gasteiger partial charge on any atom is -0.433 e. The van der Waals surface area contributed by atoms with Crippen LogP contribution in [0.3, 0.4) is 0 Å². The van der Waals surface area contributed by atoms with Crippen molar-refractivity contribution in [3.8, 4) is 11.6 Å². The molecule has 7 nitrogen and oxygen atoms in total. The normalized spacial score (nSPS) is 10.2. The number of hydrogen-bond acceptors (Lipinski definition) is 6. The highest BCUT2D eigenvalue weighted by Gasteiger charge is 2.19. The van der Waals surface area contributed by atoms with E-state index in [0.717, 1.165) is 17.3 Å². The molecule has 2 rings (SSSR count). The summed E-state index contributed by atoms with van der Waals surface area (Å²) in [6.07, 6.45) is 1.03. The van der Waals surface area contributed by atoms with Crippen molar-refractivity contribution in [2.45, 2.75) is 13.8 Å². The molecule has 0 fully saturated rings. The first-order valence-corrected chi connectivity index (χ1v) is 5.49. The molecular weight excluding hydrogens is 248 g/mol. The highest BCUT2D eigenvalue weighted by atomic mass is 16.6. The van der Waals surface area contributed by atoms with Crippen LogP contribution in [-0.2, 0) is 0 Å². The van der Waals surface area contributed by atoms with Crippen molar-refractivity contribution in [3.63, 3.8) is 0 Å². The third-order valence-electron chi connectivity index (χ3n) is 2.50. The number of rotatable bonds is 3. The van der Waals surface area contributed by atoms with Crippen LogP contribution in [0, 0.1) is 24.0 Å². The average molecular weight is 260 g/mol. The summed E-state index contributed by atoms with van der Waals surface area (Å²) in [7, 11) is 0. The molecule has 0 spiro atoms. The van der Waals surface area contributed by atoms with Crippen LogP contribution in [0.15, 0.2) is 24.4 Å². The summed E-state index contributed by atoms with van der Waals surface area (Å²) in [6.45, 7) is 3.74. The van der Waals surface area contributed by atoms with Gasteiger partial charge in [-0.15, -0.1) is 0 Å². The molecular formula is C12H12N4O3. The van der Waals surface area contributed by atoms with E-state index in [-0.39, 0.29) is 17.5 Å². The zero-order valence-electron chi connectivity index (χ0n) is 10.5. The van der Waals surface area contributed by atoms with E-state index in [1.165, 1.54) is 0 Å². The molecule has 2 aromatic rings. The maximum absolute atomic E-state index is 10.9. The molecule has 0 amide bonds. The number of hydrogen-bond donors (Lipinski definition) is 1. The van der Waals surface area contributed by atoms with Crippen LogP contribution in [0.4, 0.5) is 11.6 Å². The molecule has 0 aliphatic heterocycles. The molecule has 0 aliphatic rings. The summed E-state index contributed by atoms with van der Waals surface area (Å²) >= 11 is 0. The van der Waals surface area contributed by atoms with E-state index in [4.69, 9.17) is 10.5 Å². The molecule has 0 saturated carbocycles. The first-order chi connectivity index (χ1) is 8.97. The van der Waals surface area contributed by atoms with E-state index in [9.17, 15) is 10.1 Å². The van der Waals surface area contributed by atoms with Crippen LogP contribution in [0.5, 0.6) is 11.6 Å². The predicted molar refractivity (Wildman–Crippen MR) is 69.1 cm³/mol. The SMILES string of the molecule is Cc1ccc(C)c(Oc2nc(N)ncc2[N+](=O)[O-])c1. The first-order valence-electron chi connectivity index (χ1n) is 5.49. The number of nitrogen functional groups attached to an aromatic ring is 1. The van der Waals surface area contributed by atoms with Crippen molar-refractivity contribution in [2.75, 3.05) is 5.73 Å². The summed E-state index contributed by atoms with van der Waals surface area (Å²) in [5, 5.41) is 10.9. The maximum Gasteiger partial charge on any atom is 0.349 e. The summed E-state index contributed by atoms with van der Waals surface area (Å²) in [6, 6.07) is 5.56. The predicted octanol–water partition coefficient (Wildman–Crippen LogP) is 2.38. The molecule has 0 saturated heterocycles. The Balaban J connectivity index is 2.45. The second-order valence-electron chi connectivity index (χ2n) is 4.05. The number of aryl methyl sites for hydroxylation is 2. The molecule has 7 heteroatoms. The van der Waals surface area contributed by atoms with Crippen LogP contribution in [-0.4, -0.2) is 14.9 Å². The van der Waals surface area contributed by atoms with E-state index in [0.29, 0.717) is 5.75 Å². The minimum atomic E-state index is -0.611. The third kappa shape index (κ3) is 2.76. The Morgan fingerprint density at radius 3 is 2.79 bits per heavy atom. The molecule has 0 aliphatic carbocycles. The lowest BCUT2D eigenvalue weighted by atomic mass is 10.1. The number of nitrogens with two attached hydrogens (primary N) is 1. The van der Waals surface area contributed by atoms with Crippen molar-refractivity contribution in [1.29, 1.82) is 0 Å². The minimum absolute atomic E-state index is 0.0779. The lowest BCUT2D eigenvalue weighted by Gasteiger charge is -2.08. The van der Waals surface area contributed by atoms with Crippen molar-refractivity contribution in [3.05, 3.63) is 45.6 Å². The number of aromatic nitrogens is 2. The maximum atomic E-state index is 10.9. The van der Waals surface area contributed by atoms with Gasteiger partial charge in [-0.25, -0.2) is 4.98 Å². The zero-order chi connectivity index (χ0) is 14.0. The molecule has 1 aromatic carbocycles. The van der Waals surface area contributed by atoms with Gasteiger partial charge in [-0.05, 0) is 31.0 Å². The Labute approximate surface area is 109 Å². The molecule has 2 N–H and O–H groups in total. The third-order valence-corrected chi connectivity index (χ3v) is 2.50. The Morgan fingerprint density at radius 2 is 2.11 bits per heavy atom. The van der Waals surface area contributed by atoms with Crippen molar-refractivity contribution >= 4 is 11.6 Å². The van der Waals surface area contributed by atoms with Gasteiger partial charge in [0.05, 0.1) is 4.92 Å². The van der Waals surface area contributed by atoms with Crippen LogP contribution in [0.25, 0.3) is 0 Å². The topological polar surface area (TPSA) is 104 Å². The summed E-state index contributed by atoms with van der Waals surface area (Å²) in [4.78, 5) is 17.6. The molecule has 0 atom stereocenters. The molecule has 1 heterocycles. The fourth-order valence-electron chi connectivity index (χ4n) is 1.49. The summed E-state index contributed by atoms with van der Waals surface area (Å²) < 4.78 is 5.49. The largest absolute Gasteiger partial charge is 0.433 e. The Bertz CT molecular complexity index is 643. The Morgan fingerprint density at radius 1 is 1.37 bits per heavy atom. The van der Waals surface area contributed by atoms with E-state index < -0.39 is 4.92 Å². The van der Waals surface area contributed by atoms with E-state index in [1.54, 1.807) is 6.07 Å². The van der Waals surface area contributed by atoms with Crippen molar-refractivity contribution in [2.24, 2.45) is 0 Å². The average Bonchev–Trinajstić information content (AvgIpc) is 2.33. The highest BCUT2D eigenvalue weighted by molar-refractivity contribution is 5.46. The number of nitro groups is 1. The standard InChI is InChI=1S/C12H12N4O3/c1-7-3-4-8(2)10(5-7)19-11-9(16(17)18)6-14-12(13)15-11/h3-6H,1-2H3,(H2,13,14,15). The molecule has 0 radical (unpaired) electrons. The number of ether oxygens (including phenoxy) is 1. The molecule has 1 aromatic heterocycles. The second-order valence-corrected chi connectivity index (χ2v) is 4.05. The van der Waals surface area contributed by atoms with Crippen LogP contribution < -0.4 is 10.5 Å². The first kappa shape index (κ1) is 12.7. The quantitative estimate of drug-likeness (QED) is 0.671. The number of nitrogens with zero attached hydrogens (tertiary/aromatic N) is 3. The van der Waals surface area contributed by atoms with Crippen LogP contribution >= 0.6 is 0 Å². The fourth-order valence-corrected chi connectivity index (χ4v) is 1.49. The van der Waals surface area contributed by atoms with Gasteiger partial charge in [0.1, 0.15) is 11.9 Å². The van der Waals surface area contributed by atoms with Crippen LogP contribution in [0.1, 0.15) is 11.1 Å². The van der Waals surface area contributed by atoms with Gasteiger partial charge >= 0.3 is 11.6 Å². The highest BCUT2D eigenvalue weighted by Crippen LogP contribution is 2.31. The number of anilines is 1. The second kappa shape index (κ2) is 4.89. The van der Waals surface area contributed by atoms with Gasteiger partial charge < -0.3 is 10.5 Å². The van der Waals surface area contributed by atoms with Gasteiger partial charge in [0, 0.05) is 0 Å². The molecule has 0 unspecified atom stereocenters. The Kier molecular flexibility index (Phi) is 3.28. The molecule has 0 bridgehead atoms. The van der Waals surface area contributed by atoms with Crippen molar-refractivity contribution < 1.29 is 9.66 Å². The zero-order valence-corrected chi connectivity index (χ0v) is 10.5. The lowest BCUT2D eigenvalue weighted by Crippen LogP contribution is -2.02. The molecule has 19 heavy (non-hydrogen) atoms. The smallest absolute Gasteiger partial charge is 0.349 e. The van der Waals surface area contributed by atoms with Gasteiger partial charge in [-0.2, -0.15) is 4.98 Å². The summed E-state index contributed by atoms with van der Waals surface area (Å²) in [5.74, 6) is 0.262. The van der Waals surface area contributed by atoms with Gasteiger partial charge in [0.15, 0.2) is 0 Å². The fraction of sp³-hybridized carbons (Fsp3) is 0.167. The van der Waals surface area contributed by atoms with Gasteiger partial charge in [-0.1, -0.05) is 12.1 Å². The van der Waals surface area contributed by atoms with Crippen LogP contribution in [0.2, 0.25) is 0 Å². The van der Waals surface area contributed by atoms with Crippen molar-refractivity contribution in [1.82, 2.24) is 9.97 Å². The summed E-state index contributed by atoms with van der Waals surface area (Å²) in [5.41, 5.74) is 6.92.